The first kappa shape index (κ1) is 15.2. The average molecular weight is 294 g/mol. The predicted octanol–water partition coefficient (Wildman–Crippen LogP) is 2.71. The fraction of sp³-hybridized carbons (Fsp3) is 0.0556. The van der Waals surface area contributed by atoms with Crippen LogP contribution in [0, 0.1) is 11.8 Å². The maximum Gasteiger partial charge on any atom is 0.331 e. The van der Waals surface area contributed by atoms with Gasteiger partial charge in [-0.1, -0.05) is 36.1 Å². The molecule has 0 saturated heterocycles. The molecule has 0 radical (unpaired) electrons. The van der Waals surface area contributed by atoms with Gasteiger partial charge in [0.25, 0.3) is 0 Å². The lowest BCUT2D eigenvalue weighted by Crippen LogP contribution is -2.00. The molecule has 0 aliphatic rings. The van der Waals surface area contributed by atoms with Gasteiger partial charge in [0.1, 0.15) is 0 Å². The maximum atomic E-state index is 11.5. The Hall–Kier alpha value is -3.19. The van der Waals surface area contributed by atoms with Gasteiger partial charge in [-0.15, -0.1) is 0 Å². The van der Waals surface area contributed by atoms with Gasteiger partial charge in [0.2, 0.25) is 0 Å². The van der Waals surface area contributed by atoms with Crippen LogP contribution >= 0.6 is 0 Å². The van der Waals surface area contributed by atoms with Crippen LogP contribution in [0.1, 0.15) is 11.1 Å². The first-order valence-corrected chi connectivity index (χ1v) is 6.56. The van der Waals surface area contributed by atoms with Crippen molar-refractivity contribution in [2.75, 3.05) is 6.61 Å². The normalized spacial score (nSPS) is 10.0. The summed E-state index contributed by atoms with van der Waals surface area (Å²) in [5.41, 5.74) is 1.43. The van der Waals surface area contributed by atoms with Crippen LogP contribution in [0.2, 0.25) is 0 Å². The minimum absolute atomic E-state index is 0.00110. The zero-order chi connectivity index (χ0) is 15.8. The summed E-state index contributed by atoms with van der Waals surface area (Å²) in [6.45, 7) is -0.00110. The third kappa shape index (κ3) is 4.73. The minimum atomic E-state index is -0.532. The van der Waals surface area contributed by atoms with Crippen LogP contribution in [0.25, 0.3) is 6.08 Å². The van der Waals surface area contributed by atoms with Gasteiger partial charge in [0.15, 0.2) is 18.1 Å². The van der Waals surface area contributed by atoms with Gasteiger partial charge in [0.05, 0.1) is 0 Å². The highest BCUT2D eigenvalue weighted by Crippen LogP contribution is 2.25. The largest absolute Gasteiger partial charge is 0.504 e. The van der Waals surface area contributed by atoms with E-state index < -0.39 is 5.97 Å². The second kappa shape index (κ2) is 7.55. The van der Waals surface area contributed by atoms with E-state index in [0.717, 1.165) is 5.56 Å². The number of phenolic OH excluding ortho intramolecular Hbond substituents is 2. The molecule has 0 atom stereocenters. The SMILES string of the molecule is O=C(/C=C/c1ccc(O)c(O)c1)OCC#Cc1ccccc1. The van der Waals surface area contributed by atoms with Gasteiger partial charge < -0.3 is 14.9 Å². The number of esters is 1. The second-order valence-corrected chi connectivity index (χ2v) is 4.36. The van der Waals surface area contributed by atoms with Gasteiger partial charge in [-0.05, 0) is 35.9 Å². The predicted molar refractivity (Wildman–Crippen MR) is 83.1 cm³/mol. The van der Waals surface area contributed by atoms with Gasteiger partial charge in [-0.3, -0.25) is 0 Å². The molecule has 22 heavy (non-hydrogen) atoms. The Morgan fingerprint density at radius 2 is 1.86 bits per heavy atom. The smallest absolute Gasteiger partial charge is 0.331 e. The van der Waals surface area contributed by atoms with E-state index in [4.69, 9.17) is 4.74 Å². The summed E-state index contributed by atoms with van der Waals surface area (Å²) < 4.78 is 4.93. The highest BCUT2D eigenvalue weighted by atomic mass is 16.5. The molecule has 0 aliphatic carbocycles. The number of hydrogen-bond acceptors (Lipinski definition) is 4. The van der Waals surface area contributed by atoms with Crippen LogP contribution in [0.3, 0.4) is 0 Å². The van der Waals surface area contributed by atoms with Crippen LogP contribution in [-0.4, -0.2) is 22.8 Å². The van der Waals surface area contributed by atoms with Crippen molar-refractivity contribution in [3.8, 4) is 23.3 Å². The monoisotopic (exact) mass is 294 g/mol. The summed E-state index contributed by atoms with van der Waals surface area (Å²) in [7, 11) is 0. The fourth-order valence-corrected chi connectivity index (χ4v) is 1.62. The molecule has 2 aromatic carbocycles. The van der Waals surface area contributed by atoms with Crippen molar-refractivity contribution in [2.24, 2.45) is 0 Å². The van der Waals surface area contributed by atoms with Crippen molar-refractivity contribution < 1.29 is 19.7 Å². The van der Waals surface area contributed by atoms with Crippen molar-refractivity contribution in [1.29, 1.82) is 0 Å². The van der Waals surface area contributed by atoms with Crippen LogP contribution in [-0.2, 0) is 9.53 Å². The molecule has 2 rings (SSSR count). The van der Waals surface area contributed by atoms with Gasteiger partial charge >= 0.3 is 5.97 Å². The van der Waals surface area contributed by atoms with E-state index in [-0.39, 0.29) is 18.1 Å². The third-order valence-corrected chi connectivity index (χ3v) is 2.70. The van der Waals surface area contributed by atoms with E-state index in [0.29, 0.717) is 5.56 Å². The molecule has 0 bridgehead atoms. The second-order valence-electron chi connectivity index (χ2n) is 4.36. The Balaban J connectivity index is 1.84. The zero-order valence-electron chi connectivity index (χ0n) is 11.7. The first-order chi connectivity index (χ1) is 10.6. The molecule has 0 fully saturated rings. The Labute approximate surface area is 128 Å². The van der Waals surface area contributed by atoms with Gasteiger partial charge in [-0.2, -0.15) is 0 Å². The topological polar surface area (TPSA) is 66.8 Å². The van der Waals surface area contributed by atoms with E-state index in [1.165, 1.54) is 24.3 Å². The van der Waals surface area contributed by atoms with Crippen LogP contribution in [0.15, 0.2) is 54.6 Å². The number of phenols is 2. The molecule has 110 valence electrons. The summed E-state index contributed by atoms with van der Waals surface area (Å²) in [6, 6.07) is 13.6. The number of benzene rings is 2. The van der Waals surface area contributed by atoms with E-state index in [9.17, 15) is 15.0 Å². The summed E-state index contributed by atoms with van der Waals surface area (Å²) >= 11 is 0. The van der Waals surface area contributed by atoms with Crippen molar-refractivity contribution in [3.63, 3.8) is 0 Å². The number of ether oxygens (including phenoxy) is 1. The first-order valence-electron chi connectivity index (χ1n) is 6.56. The summed E-state index contributed by atoms with van der Waals surface area (Å²) in [5, 5.41) is 18.5. The molecule has 0 aromatic heterocycles. The molecule has 2 N–H and O–H groups in total. The van der Waals surface area contributed by atoms with Crippen molar-refractivity contribution >= 4 is 12.0 Å². The molecule has 4 heteroatoms. The molecule has 2 aromatic rings. The van der Waals surface area contributed by atoms with E-state index in [1.807, 2.05) is 30.3 Å². The van der Waals surface area contributed by atoms with Crippen molar-refractivity contribution in [2.45, 2.75) is 0 Å². The highest BCUT2D eigenvalue weighted by molar-refractivity contribution is 5.87. The molecule has 0 aliphatic heterocycles. The van der Waals surface area contributed by atoms with Crippen molar-refractivity contribution in [1.82, 2.24) is 0 Å². The lowest BCUT2D eigenvalue weighted by molar-refractivity contribution is -0.136. The molecular weight excluding hydrogens is 280 g/mol. The molecule has 0 heterocycles. The molecule has 0 saturated carbocycles. The number of rotatable bonds is 3. The van der Waals surface area contributed by atoms with Crippen LogP contribution in [0.4, 0.5) is 0 Å². The number of carbonyl (C=O) groups excluding carboxylic acids is 1. The van der Waals surface area contributed by atoms with Gasteiger partial charge in [-0.25, -0.2) is 4.79 Å². The zero-order valence-corrected chi connectivity index (χ0v) is 11.7. The molecule has 4 nitrogen and oxygen atoms in total. The molecule has 0 amide bonds. The van der Waals surface area contributed by atoms with E-state index in [2.05, 4.69) is 11.8 Å². The van der Waals surface area contributed by atoms with Crippen molar-refractivity contribution in [3.05, 3.63) is 65.7 Å². The Morgan fingerprint density at radius 3 is 2.59 bits per heavy atom. The Kier molecular flexibility index (Phi) is 5.22. The lowest BCUT2D eigenvalue weighted by Gasteiger charge is -1.98. The van der Waals surface area contributed by atoms with Crippen LogP contribution in [0.5, 0.6) is 11.5 Å². The average Bonchev–Trinajstić information content (AvgIpc) is 2.54. The standard InChI is InChI=1S/C18H14O4/c19-16-10-8-15(13-17(16)20)9-11-18(21)22-12-4-7-14-5-2-1-3-6-14/h1-3,5-6,8-11,13,19-20H,12H2/b11-9+. The molecular formula is C18H14O4. The number of hydrogen-bond donors (Lipinski definition) is 2. The summed E-state index contributed by atoms with van der Waals surface area (Å²) in [5.74, 6) is 4.63. The van der Waals surface area contributed by atoms with E-state index in [1.54, 1.807) is 6.07 Å². The van der Waals surface area contributed by atoms with Gasteiger partial charge in [0, 0.05) is 11.6 Å². The molecule has 0 unspecified atom stereocenters. The highest BCUT2D eigenvalue weighted by Gasteiger charge is 1.99. The van der Waals surface area contributed by atoms with E-state index >= 15 is 0 Å². The summed E-state index contributed by atoms with van der Waals surface area (Å²) in [4.78, 5) is 11.5. The Bertz CT molecular complexity index is 737. The quantitative estimate of drug-likeness (QED) is 0.395. The van der Waals surface area contributed by atoms with Crippen LogP contribution < -0.4 is 0 Å². The minimum Gasteiger partial charge on any atom is -0.504 e. The number of carbonyl (C=O) groups is 1. The maximum absolute atomic E-state index is 11.5. The summed E-state index contributed by atoms with van der Waals surface area (Å²) in [6.07, 6.45) is 2.71. The number of aromatic hydroxyl groups is 2. The lowest BCUT2D eigenvalue weighted by atomic mass is 10.2. The Morgan fingerprint density at radius 1 is 1.09 bits per heavy atom. The third-order valence-electron chi connectivity index (χ3n) is 2.70. The molecule has 0 spiro atoms. The fourth-order valence-electron chi connectivity index (χ4n) is 1.62.